The number of nitrogens with one attached hydrogen (secondary N) is 7. The van der Waals surface area contributed by atoms with E-state index < -0.39 is 54.0 Å². The highest BCUT2D eigenvalue weighted by molar-refractivity contribution is 8.00. The second-order valence-corrected chi connectivity index (χ2v) is 18.5. The summed E-state index contributed by atoms with van der Waals surface area (Å²) in [7, 11) is 0. The van der Waals surface area contributed by atoms with Crippen molar-refractivity contribution in [3.63, 3.8) is 0 Å². The molecule has 22 heteroatoms. The smallest absolute Gasteiger partial charge is 0.315 e. The molecule has 0 saturated carbocycles. The topological polar surface area (TPSA) is 268 Å². The normalized spacial score (nSPS) is 19.8. The van der Waals surface area contributed by atoms with Gasteiger partial charge in [-0.3, -0.25) is 43.3 Å². The van der Waals surface area contributed by atoms with Crippen molar-refractivity contribution in [2.75, 3.05) is 50.3 Å². The van der Waals surface area contributed by atoms with Gasteiger partial charge < -0.3 is 52.1 Å². The number of rotatable bonds is 23. The fraction of sp³-hybridized carbons (Fsp3) is 0.581. The molecule has 4 heterocycles. The number of anilines is 1. The van der Waals surface area contributed by atoms with E-state index in [1.165, 1.54) is 4.90 Å². The van der Waals surface area contributed by atoms with Crippen LogP contribution < -0.4 is 37.2 Å². The van der Waals surface area contributed by atoms with Crippen molar-refractivity contribution >= 4 is 88.1 Å². The van der Waals surface area contributed by atoms with Gasteiger partial charge in [-0.25, -0.2) is 4.79 Å². The number of aliphatic carboxylic acids is 1. The number of amides is 9. The molecular weight excluding hydrogens is 881 g/mol. The van der Waals surface area contributed by atoms with Gasteiger partial charge in [-0.05, 0) is 67.9 Å². The molecule has 9 amide bonds. The summed E-state index contributed by atoms with van der Waals surface area (Å²) in [5.41, 5.74) is 1.59. The highest BCUT2D eigenvalue weighted by atomic mass is 32.2. The first-order valence-electron chi connectivity index (χ1n) is 22.1. The molecule has 3 fully saturated rings. The monoisotopic (exact) mass is 940 g/mol. The largest absolute Gasteiger partial charge is 0.481 e. The molecule has 1 aromatic rings. The third-order valence-corrected chi connectivity index (χ3v) is 13.2. The molecule has 0 aromatic heterocycles. The molecule has 5 atom stereocenters. The summed E-state index contributed by atoms with van der Waals surface area (Å²) in [5.74, 6) is -3.10. The molecule has 354 valence electrons. The summed E-state index contributed by atoms with van der Waals surface area (Å²) in [6.07, 6.45) is 5.14. The molecule has 0 spiro atoms. The molecule has 8 N–H and O–H groups in total. The van der Waals surface area contributed by atoms with Gasteiger partial charge in [-0.2, -0.15) is 11.8 Å². The van der Waals surface area contributed by atoms with Crippen molar-refractivity contribution in [2.45, 2.75) is 108 Å². The van der Waals surface area contributed by atoms with Crippen molar-refractivity contribution < 1.29 is 48.3 Å². The Hall–Kier alpha value is -5.77. The number of carboxylic acid groups (broad SMARTS) is 1. The van der Waals surface area contributed by atoms with Gasteiger partial charge in [-0.15, -0.1) is 0 Å². The van der Waals surface area contributed by atoms with Gasteiger partial charge in [0.05, 0.1) is 18.6 Å². The number of piperazine rings is 1. The van der Waals surface area contributed by atoms with Gasteiger partial charge >= 0.3 is 12.0 Å². The molecule has 0 aliphatic carbocycles. The number of thiocarbonyl (C=S) groups is 1. The number of urea groups is 1. The molecule has 0 radical (unpaired) electrons. The summed E-state index contributed by atoms with van der Waals surface area (Å²) >= 11 is 7.27. The van der Waals surface area contributed by atoms with Crippen LogP contribution in [0.15, 0.2) is 36.4 Å². The molecule has 4 aliphatic rings. The van der Waals surface area contributed by atoms with Crippen LogP contribution in [0.25, 0.3) is 0 Å². The Morgan fingerprint density at radius 3 is 2.18 bits per heavy atom. The minimum Gasteiger partial charge on any atom is -0.481 e. The maximum absolute atomic E-state index is 13.7. The highest BCUT2D eigenvalue weighted by Gasteiger charge is 2.42. The fourth-order valence-corrected chi connectivity index (χ4v) is 9.66. The van der Waals surface area contributed by atoms with Crippen molar-refractivity contribution in [3.8, 4) is 0 Å². The minimum absolute atomic E-state index is 0.0247. The zero-order valence-corrected chi connectivity index (χ0v) is 38.4. The lowest BCUT2D eigenvalue weighted by molar-refractivity contribution is -0.143. The maximum atomic E-state index is 13.7. The molecule has 0 bridgehead atoms. The average molecular weight is 941 g/mol. The lowest BCUT2D eigenvalue weighted by atomic mass is 10.0. The van der Waals surface area contributed by atoms with Crippen LogP contribution in [0.3, 0.4) is 0 Å². The fourth-order valence-electron chi connectivity index (χ4n) is 7.92. The number of carbonyl (C=O) groups excluding carboxylic acids is 8. The van der Waals surface area contributed by atoms with Crippen LogP contribution in [-0.2, 0) is 44.9 Å². The van der Waals surface area contributed by atoms with Gasteiger partial charge in [0.25, 0.3) is 11.8 Å². The van der Waals surface area contributed by atoms with Crippen LogP contribution in [0.4, 0.5) is 10.5 Å². The number of nitrogens with zero attached hydrogens (tertiary/aromatic N) is 3. The zero-order chi connectivity index (χ0) is 47.0. The second-order valence-electron chi connectivity index (χ2n) is 16.9. The van der Waals surface area contributed by atoms with Crippen LogP contribution in [0, 0.1) is 5.92 Å². The Morgan fingerprint density at radius 1 is 0.831 bits per heavy atom. The van der Waals surface area contributed by atoms with Crippen molar-refractivity contribution in [3.05, 3.63) is 42.0 Å². The number of fused-ring (bicyclic) bond motifs is 1. The van der Waals surface area contributed by atoms with Crippen LogP contribution in [-0.4, -0.2) is 153 Å². The summed E-state index contributed by atoms with van der Waals surface area (Å²) in [5, 5.41) is 30.2. The first kappa shape index (κ1) is 50.2. The van der Waals surface area contributed by atoms with E-state index in [4.69, 9.17) is 12.2 Å². The Labute approximate surface area is 387 Å². The van der Waals surface area contributed by atoms with E-state index in [1.807, 2.05) is 49.9 Å². The highest BCUT2D eigenvalue weighted by Crippen LogP contribution is 2.33. The van der Waals surface area contributed by atoms with E-state index in [1.54, 1.807) is 4.90 Å². The molecule has 5 rings (SSSR count). The van der Waals surface area contributed by atoms with Gasteiger partial charge in [0, 0.05) is 87.4 Å². The Kier molecular flexibility index (Phi) is 18.9. The molecule has 3 saturated heterocycles. The van der Waals surface area contributed by atoms with Gasteiger partial charge in [0.2, 0.25) is 29.5 Å². The molecule has 4 aliphatic heterocycles. The molecule has 65 heavy (non-hydrogen) atoms. The Balaban J connectivity index is 0.987. The number of benzene rings is 1. The quantitative estimate of drug-likeness (QED) is 0.0323. The number of hydrogen-bond donors (Lipinski definition) is 8. The molecule has 20 nitrogen and oxygen atoms in total. The van der Waals surface area contributed by atoms with Gasteiger partial charge in [0.1, 0.15) is 12.1 Å². The third kappa shape index (κ3) is 15.7. The zero-order valence-electron chi connectivity index (χ0n) is 36.7. The van der Waals surface area contributed by atoms with Gasteiger partial charge in [0.15, 0.2) is 5.11 Å². The van der Waals surface area contributed by atoms with Crippen LogP contribution >= 0.6 is 24.0 Å². The number of carboxylic acids is 1. The predicted molar refractivity (Wildman–Crippen MR) is 245 cm³/mol. The van der Waals surface area contributed by atoms with Crippen LogP contribution in [0.2, 0.25) is 0 Å². The number of unbranched alkanes of at least 4 members (excludes halogenated alkanes) is 1. The Morgan fingerprint density at radius 2 is 1.51 bits per heavy atom. The standard InChI is InChI=1S/C43H60N10O10S2/c1-26(2)22-30(47-34(55)8-5-17-53-35(56)14-15-36(53)57)40(61)48-29(13-16-38(59)60)41(62)52-20-18-51(19-21-52)37(58)24-45-43(64)46-28-11-9-27(10-12-28)23-44-33(54)7-4-3-6-32-39-31(25-65-32)49-42(63)50-39/h9-12,14-15,26,29-32,39H,3-8,13,16-25H2,1-2H3,(H,44,54)(H,47,55)(H,48,61)(H,59,60)(H2,45,46,64)(H2,49,50,63)/t29-,30-,31-,32-,39-/m0/s1. The first-order valence-corrected chi connectivity index (χ1v) is 23.5. The van der Waals surface area contributed by atoms with E-state index >= 15 is 0 Å². The summed E-state index contributed by atoms with van der Waals surface area (Å²) in [4.78, 5) is 116. The number of imide groups is 1. The van der Waals surface area contributed by atoms with Gasteiger partial charge in [-0.1, -0.05) is 32.4 Å². The summed E-state index contributed by atoms with van der Waals surface area (Å²) in [6, 6.07) is 5.39. The SMILES string of the molecule is CC(C)C[C@H](NC(=O)CCCN1C(=O)C=CC1=O)C(=O)N[C@@H](CCC(=O)O)C(=O)N1CCN(C(=O)CNC(=S)Nc2ccc(CNC(=O)CCCC[C@@H]3SC[C@@H]4NC(=O)N[C@@H]43)cc2)CC1. The average Bonchev–Trinajstić information content (AvgIpc) is 3.94. The van der Waals surface area contributed by atoms with Crippen LogP contribution in [0.5, 0.6) is 0 Å². The van der Waals surface area contributed by atoms with Crippen molar-refractivity contribution in [1.82, 2.24) is 46.6 Å². The summed E-state index contributed by atoms with van der Waals surface area (Å²) < 4.78 is 0. The van der Waals surface area contributed by atoms with E-state index in [0.29, 0.717) is 23.9 Å². The lowest BCUT2D eigenvalue weighted by Gasteiger charge is -2.37. The van der Waals surface area contributed by atoms with Crippen LogP contribution in [0.1, 0.15) is 77.2 Å². The Bertz CT molecular complexity index is 1960. The first-order chi connectivity index (χ1) is 31.1. The maximum Gasteiger partial charge on any atom is 0.315 e. The molecular formula is C43H60N10O10S2. The number of thioether (sulfide) groups is 1. The van der Waals surface area contributed by atoms with E-state index in [-0.39, 0.29) is 106 Å². The number of carbonyl (C=O) groups is 9. The van der Waals surface area contributed by atoms with E-state index in [0.717, 1.165) is 47.6 Å². The van der Waals surface area contributed by atoms with Crippen molar-refractivity contribution in [1.29, 1.82) is 0 Å². The molecule has 0 unspecified atom stereocenters. The molecule has 1 aromatic carbocycles. The number of hydrogen-bond acceptors (Lipinski definition) is 11. The third-order valence-electron chi connectivity index (χ3n) is 11.4. The summed E-state index contributed by atoms with van der Waals surface area (Å²) in [6.45, 7) is 4.69. The minimum atomic E-state index is -1.20. The lowest BCUT2D eigenvalue weighted by Crippen LogP contribution is -2.58. The van der Waals surface area contributed by atoms with Crippen molar-refractivity contribution in [2.24, 2.45) is 5.92 Å². The van der Waals surface area contributed by atoms with E-state index in [2.05, 4.69) is 37.2 Å². The second kappa shape index (κ2) is 24.5. The predicted octanol–water partition coefficient (Wildman–Crippen LogP) is 0.572. The van der Waals surface area contributed by atoms with E-state index in [9.17, 15) is 48.3 Å².